The van der Waals surface area contributed by atoms with E-state index in [0.717, 1.165) is 45.1 Å². The van der Waals surface area contributed by atoms with E-state index in [2.05, 4.69) is 12.2 Å². The quantitative estimate of drug-likeness (QED) is 0.841. The number of amides is 2. The smallest absolute Gasteiger partial charge is 0.317 e. The van der Waals surface area contributed by atoms with Gasteiger partial charge in [-0.1, -0.05) is 26.2 Å². The van der Waals surface area contributed by atoms with Gasteiger partial charge < -0.3 is 15.3 Å². The molecule has 2 fully saturated rings. The monoisotopic (exact) mass is 296 g/mol. The molecule has 1 aliphatic carbocycles. The number of hydrogen-bond acceptors (Lipinski definition) is 2. The van der Waals surface area contributed by atoms with Crippen LogP contribution in [0.15, 0.2) is 0 Å². The minimum atomic E-state index is -0.727. The fraction of sp³-hybridized carbons (Fsp3) is 0.875. The summed E-state index contributed by atoms with van der Waals surface area (Å²) in [6.07, 6.45) is 8.67. The van der Waals surface area contributed by atoms with Crippen molar-refractivity contribution >= 4 is 12.0 Å². The van der Waals surface area contributed by atoms with Gasteiger partial charge in [0.25, 0.3) is 0 Å². The fourth-order valence-electron chi connectivity index (χ4n) is 3.67. The van der Waals surface area contributed by atoms with Gasteiger partial charge in [-0.05, 0) is 38.5 Å². The Morgan fingerprint density at radius 2 is 1.95 bits per heavy atom. The number of carbonyl (C=O) groups excluding carboxylic acids is 1. The zero-order valence-corrected chi connectivity index (χ0v) is 13.0. The summed E-state index contributed by atoms with van der Waals surface area (Å²) < 4.78 is 0. The van der Waals surface area contributed by atoms with E-state index in [1.807, 2.05) is 4.90 Å². The summed E-state index contributed by atoms with van der Waals surface area (Å²) in [4.78, 5) is 25.6. The molecule has 0 spiro atoms. The van der Waals surface area contributed by atoms with Crippen molar-refractivity contribution in [1.29, 1.82) is 0 Å². The van der Waals surface area contributed by atoms with Gasteiger partial charge in [-0.3, -0.25) is 4.79 Å². The van der Waals surface area contributed by atoms with Crippen LogP contribution in [0, 0.1) is 5.92 Å². The van der Waals surface area contributed by atoms with Crippen molar-refractivity contribution in [3.63, 3.8) is 0 Å². The van der Waals surface area contributed by atoms with Gasteiger partial charge in [0.05, 0.1) is 5.92 Å². The van der Waals surface area contributed by atoms with Gasteiger partial charge in [-0.2, -0.15) is 0 Å². The molecule has 5 nitrogen and oxygen atoms in total. The molecule has 1 saturated heterocycles. The van der Waals surface area contributed by atoms with Gasteiger partial charge in [0, 0.05) is 18.6 Å². The number of aliphatic carboxylic acids is 1. The van der Waals surface area contributed by atoms with Crippen LogP contribution in [0.2, 0.25) is 0 Å². The minimum Gasteiger partial charge on any atom is -0.481 e. The van der Waals surface area contributed by atoms with Crippen molar-refractivity contribution in [2.45, 2.75) is 76.8 Å². The first-order valence-electron chi connectivity index (χ1n) is 8.41. The molecule has 3 atom stereocenters. The summed E-state index contributed by atoms with van der Waals surface area (Å²) in [6.45, 7) is 2.97. The third kappa shape index (κ3) is 4.35. The summed E-state index contributed by atoms with van der Waals surface area (Å²) >= 11 is 0. The lowest BCUT2D eigenvalue weighted by Crippen LogP contribution is -2.50. The van der Waals surface area contributed by atoms with Crippen LogP contribution in [-0.2, 0) is 4.79 Å². The Labute approximate surface area is 127 Å². The molecule has 2 aliphatic rings. The third-order valence-electron chi connectivity index (χ3n) is 4.96. The highest BCUT2D eigenvalue weighted by Gasteiger charge is 2.30. The van der Waals surface area contributed by atoms with Crippen LogP contribution < -0.4 is 5.32 Å². The van der Waals surface area contributed by atoms with Crippen molar-refractivity contribution in [2.75, 3.05) is 6.54 Å². The predicted octanol–water partition coefficient (Wildman–Crippen LogP) is 2.99. The molecule has 2 rings (SSSR count). The molecule has 120 valence electrons. The van der Waals surface area contributed by atoms with E-state index in [1.54, 1.807) is 0 Å². The van der Waals surface area contributed by atoms with Crippen LogP contribution in [0.3, 0.4) is 0 Å². The molecule has 2 N–H and O–H groups in total. The zero-order chi connectivity index (χ0) is 15.2. The van der Waals surface area contributed by atoms with Crippen LogP contribution in [0.5, 0.6) is 0 Å². The summed E-state index contributed by atoms with van der Waals surface area (Å²) in [5, 5.41) is 12.2. The van der Waals surface area contributed by atoms with Crippen molar-refractivity contribution in [3.8, 4) is 0 Å². The van der Waals surface area contributed by atoms with Gasteiger partial charge in [-0.25, -0.2) is 4.79 Å². The Kier molecular flexibility index (Phi) is 5.88. The Morgan fingerprint density at radius 3 is 2.67 bits per heavy atom. The van der Waals surface area contributed by atoms with E-state index in [9.17, 15) is 9.59 Å². The molecule has 0 aromatic rings. The number of hydrogen-bond donors (Lipinski definition) is 2. The van der Waals surface area contributed by atoms with Crippen LogP contribution in [0.25, 0.3) is 0 Å². The SMILES string of the molecule is CCC1CCCCCN1C(=O)NC1CCCC(C(=O)O)C1. The molecule has 5 heteroatoms. The van der Waals surface area contributed by atoms with Crippen molar-refractivity contribution in [1.82, 2.24) is 10.2 Å². The van der Waals surface area contributed by atoms with Gasteiger partial charge in [-0.15, -0.1) is 0 Å². The van der Waals surface area contributed by atoms with Gasteiger partial charge in [0.15, 0.2) is 0 Å². The zero-order valence-electron chi connectivity index (χ0n) is 13.0. The molecule has 0 aromatic heterocycles. The molecule has 1 saturated carbocycles. The molecule has 0 radical (unpaired) electrons. The molecule has 2 amide bonds. The molecular weight excluding hydrogens is 268 g/mol. The number of rotatable bonds is 3. The Balaban J connectivity index is 1.91. The third-order valence-corrected chi connectivity index (χ3v) is 4.96. The largest absolute Gasteiger partial charge is 0.481 e. The van der Waals surface area contributed by atoms with E-state index in [1.165, 1.54) is 12.8 Å². The summed E-state index contributed by atoms with van der Waals surface area (Å²) in [7, 11) is 0. The summed E-state index contributed by atoms with van der Waals surface area (Å²) in [5.74, 6) is -1.02. The van der Waals surface area contributed by atoms with E-state index in [-0.39, 0.29) is 18.0 Å². The highest BCUT2D eigenvalue weighted by molar-refractivity contribution is 5.75. The van der Waals surface area contributed by atoms with E-state index < -0.39 is 5.97 Å². The van der Waals surface area contributed by atoms with Crippen molar-refractivity contribution < 1.29 is 14.7 Å². The lowest BCUT2D eigenvalue weighted by molar-refractivity contribution is -0.143. The van der Waals surface area contributed by atoms with E-state index in [4.69, 9.17) is 5.11 Å². The Morgan fingerprint density at radius 1 is 1.14 bits per heavy atom. The molecular formula is C16H28N2O3. The van der Waals surface area contributed by atoms with Crippen molar-refractivity contribution in [3.05, 3.63) is 0 Å². The van der Waals surface area contributed by atoms with E-state index in [0.29, 0.717) is 12.5 Å². The lowest BCUT2D eigenvalue weighted by Gasteiger charge is -2.33. The molecule has 0 aromatic carbocycles. The molecule has 0 bridgehead atoms. The van der Waals surface area contributed by atoms with Gasteiger partial charge >= 0.3 is 12.0 Å². The van der Waals surface area contributed by atoms with Crippen LogP contribution in [0.4, 0.5) is 4.79 Å². The maximum Gasteiger partial charge on any atom is 0.317 e. The standard InChI is InChI=1S/C16H28N2O3/c1-2-14-9-4-3-5-10-18(14)16(21)17-13-8-6-7-12(11-13)15(19)20/h12-14H,2-11H2,1H3,(H,17,21)(H,19,20). The maximum absolute atomic E-state index is 12.5. The first-order chi connectivity index (χ1) is 10.1. The molecule has 3 unspecified atom stereocenters. The number of likely N-dealkylation sites (tertiary alicyclic amines) is 1. The Hall–Kier alpha value is -1.26. The number of carboxylic acid groups (broad SMARTS) is 1. The number of carbonyl (C=O) groups is 2. The Bertz CT molecular complexity index is 373. The molecule has 21 heavy (non-hydrogen) atoms. The topological polar surface area (TPSA) is 69.6 Å². The normalized spacial score (nSPS) is 30.5. The van der Waals surface area contributed by atoms with Gasteiger partial charge in [0.1, 0.15) is 0 Å². The highest BCUT2D eigenvalue weighted by Crippen LogP contribution is 2.25. The predicted molar refractivity (Wildman–Crippen MR) is 81.2 cm³/mol. The number of carboxylic acids is 1. The van der Waals surface area contributed by atoms with Crippen molar-refractivity contribution in [2.24, 2.45) is 5.92 Å². The van der Waals surface area contributed by atoms with Crippen LogP contribution in [0.1, 0.15) is 64.7 Å². The second-order valence-electron chi connectivity index (χ2n) is 6.45. The number of nitrogens with zero attached hydrogens (tertiary/aromatic N) is 1. The molecule has 1 aliphatic heterocycles. The summed E-state index contributed by atoms with van der Waals surface area (Å²) in [5.41, 5.74) is 0. The first kappa shape index (κ1) is 16.1. The second-order valence-corrected chi connectivity index (χ2v) is 6.45. The number of urea groups is 1. The lowest BCUT2D eigenvalue weighted by atomic mass is 9.86. The van der Waals surface area contributed by atoms with Gasteiger partial charge in [0.2, 0.25) is 0 Å². The fourth-order valence-corrected chi connectivity index (χ4v) is 3.67. The summed E-state index contributed by atoms with van der Waals surface area (Å²) in [6, 6.07) is 0.374. The van der Waals surface area contributed by atoms with Crippen LogP contribution >= 0.6 is 0 Å². The average Bonchev–Trinajstić information content (AvgIpc) is 2.72. The first-order valence-corrected chi connectivity index (χ1v) is 8.41. The highest BCUT2D eigenvalue weighted by atomic mass is 16.4. The molecule has 1 heterocycles. The maximum atomic E-state index is 12.5. The van der Waals surface area contributed by atoms with E-state index >= 15 is 0 Å². The minimum absolute atomic E-state index is 0.0137. The average molecular weight is 296 g/mol. The second kappa shape index (κ2) is 7.66. The van der Waals surface area contributed by atoms with Crippen LogP contribution in [-0.4, -0.2) is 40.6 Å². The number of nitrogens with one attached hydrogen (secondary N) is 1.